The average molecular weight is 832 g/mol. The molecule has 4 heterocycles. The fraction of sp³-hybridized carbons (Fsp3) is 0. The number of aromatic nitrogens is 7. The Balaban J connectivity index is 1.01. The summed E-state index contributed by atoms with van der Waals surface area (Å²) in [4.78, 5) is 15.1. The summed E-state index contributed by atoms with van der Waals surface area (Å²) in [5, 5.41) is 12.0. The largest absolute Gasteiger partial charge is 0.317 e. The molecule has 4 aromatic heterocycles. The molecule has 0 radical (unpaired) electrons. The lowest BCUT2D eigenvalue weighted by Crippen LogP contribution is -2.01. The molecule has 0 spiro atoms. The second-order valence-corrected chi connectivity index (χ2v) is 16.4. The van der Waals surface area contributed by atoms with Gasteiger partial charge in [0.15, 0.2) is 17.5 Å². The molecule has 7 heteroatoms. The predicted octanol–water partition coefficient (Wildman–Crippen LogP) is 14.1. The number of fused-ring (bicyclic) bond motifs is 7. The van der Waals surface area contributed by atoms with Crippen molar-refractivity contribution in [3.8, 4) is 62.4 Å². The standard InChI is InChI=1S/C58H37N7/c1-4-14-39(15-5-1)56-60-57(40-16-6-2-7-17-40)62-58(61-56)45-19-12-22-47(35-45)64-53-29-25-43(42-24-28-52-44(33-42)31-32-63(52)46-20-8-3-9-21-46)36-50(53)49-27-30-54-51(55(49)64)37-59-65(54)48-26-23-38-13-10-11-18-41(38)34-48/h1-37H. The molecule has 0 aliphatic heterocycles. The molecule has 304 valence electrons. The third-order valence-corrected chi connectivity index (χ3v) is 12.6. The molecule has 0 bridgehead atoms. The van der Waals surface area contributed by atoms with Gasteiger partial charge in [0.1, 0.15) is 0 Å². The fourth-order valence-electron chi connectivity index (χ4n) is 9.43. The molecule has 0 aliphatic rings. The lowest BCUT2D eigenvalue weighted by molar-refractivity contribution is 0.912. The van der Waals surface area contributed by atoms with Crippen LogP contribution in [0, 0.1) is 0 Å². The molecule has 0 atom stereocenters. The lowest BCUT2D eigenvalue weighted by Gasteiger charge is -2.12. The number of hydrogen-bond acceptors (Lipinski definition) is 4. The zero-order valence-electron chi connectivity index (χ0n) is 35.0. The van der Waals surface area contributed by atoms with Crippen molar-refractivity contribution in [3.63, 3.8) is 0 Å². The SMILES string of the molecule is c1ccc(-c2nc(-c3ccccc3)nc(-c3cccc(-n4c5ccc(-c6ccc7c(ccn7-c7ccccc7)c6)cc5c5ccc6c(cnn6-c6ccc7ccccc7c6)c54)c3)n2)cc1. The van der Waals surface area contributed by atoms with Crippen molar-refractivity contribution in [2.45, 2.75) is 0 Å². The second kappa shape index (κ2) is 14.9. The van der Waals surface area contributed by atoms with Gasteiger partial charge in [0.05, 0.1) is 34.0 Å². The van der Waals surface area contributed by atoms with Crippen molar-refractivity contribution in [3.05, 3.63) is 225 Å². The van der Waals surface area contributed by atoms with E-state index in [-0.39, 0.29) is 0 Å². The zero-order chi connectivity index (χ0) is 42.8. The third kappa shape index (κ3) is 6.20. The maximum atomic E-state index is 5.09. The van der Waals surface area contributed by atoms with Crippen LogP contribution in [0.25, 0.3) is 117 Å². The van der Waals surface area contributed by atoms with Gasteiger partial charge in [-0.1, -0.05) is 133 Å². The van der Waals surface area contributed by atoms with E-state index in [2.05, 4.69) is 172 Å². The number of hydrogen-bond donors (Lipinski definition) is 0. The Bertz CT molecular complexity index is 3880. The van der Waals surface area contributed by atoms with E-state index < -0.39 is 0 Å². The first-order valence-electron chi connectivity index (χ1n) is 21.8. The maximum Gasteiger partial charge on any atom is 0.164 e. The summed E-state index contributed by atoms with van der Waals surface area (Å²) in [5.74, 6) is 1.86. The van der Waals surface area contributed by atoms with Crippen molar-refractivity contribution in [2.24, 2.45) is 0 Å². The Morgan fingerprint density at radius 3 is 1.69 bits per heavy atom. The minimum atomic E-state index is 0.605. The van der Waals surface area contributed by atoms with Crippen LogP contribution in [0.1, 0.15) is 0 Å². The van der Waals surface area contributed by atoms with Gasteiger partial charge in [0.25, 0.3) is 0 Å². The molecule has 0 fully saturated rings. The highest BCUT2D eigenvalue weighted by atomic mass is 15.3. The summed E-state index contributed by atoms with van der Waals surface area (Å²) in [6.45, 7) is 0. The van der Waals surface area contributed by atoms with Crippen LogP contribution in [-0.2, 0) is 0 Å². The molecule has 0 N–H and O–H groups in total. The summed E-state index contributed by atoms with van der Waals surface area (Å²) >= 11 is 0. The van der Waals surface area contributed by atoms with Crippen LogP contribution >= 0.6 is 0 Å². The molecular weight excluding hydrogens is 795 g/mol. The van der Waals surface area contributed by atoms with Crippen LogP contribution in [0.2, 0.25) is 0 Å². The molecular formula is C58H37N7. The summed E-state index contributed by atoms with van der Waals surface area (Å²) in [7, 11) is 0. The van der Waals surface area contributed by atoms with E-state index in [4.69, 9.17) is 20.1 Å². The fourth-order valence-corrected chi connectivity index (χ4v) is 9.43. The Kier molecular flexibility index (Phi) is 8.39. The Labute approximate surface area is 373 Å². The van der Waals surface area contributed by atoms with E-state index in [1.165, 1.54) is 21.7 Å². The van der Waals surface area contributed by atoms with Crippen LogP contribution in [0.3, 0.4) is 0 Å². The second-order valence-electron chi connectivity index (χ2n) is 16.4. The number of benzene rings is 9. The highest BCUT2D eigenvalue weighted by Crippen LogP contribution is 2.40. The topological polar surface area (TPSA) is 66.3 Å². The Morgan fingerprint density at radius 2 is 0.938 bits per heavy atom. The Hall–Kier alpha value is -8.94. The Morgan fingerprint density at radius 1 is 0.323 bits per heavy atom. The molecule has 0 saturated carbocycles. The van der Waals surface area contributed by atoms with Crippen LogP contribution in [0.4, 0.5) is 0 Å². The molecule has 0 aliphatic carbocycles. The van der Waals surface area contributed by atoms with Crippen molar-refractivity contribution < 1.29 is 0 Å². The first-order valence-corrected chi connectivity index (χ1v) is 21.8. The monoisotopic (exact) mass is 831 g/mol. The van der Waals surface area contributed by atoms with Gasteiger partial charge < -0.3 is 9.13 Å². The van der Waals surface area contributed by atoms with Gasteiger partial charge in [-0.05, 0) is 101 Å². The molecule has 9 aromatic carbocycles. The molecule has 0 amide bonds. The molecule has 13 aromatic rings. The lowest BCUT2D eigenvalue weighted by atomic mass is 10.0. The van der Waals surface area contributed by atoms with Crippen molar-refractivity contribution >= 4 is 54.4 Å². The van der Waals surface area contributed by atoms with E-state index in [1.807, 2.05) is 66.9 Å². The van der Waals surface area contributed by atoms with Crippen molar-refractivity contribution in [1.82, 2.24) is 33.9 Å². The minimum absolute atomic E-state index is 0.605. The first-order chi connectivity index (χ1) is 32.2. The highest BCUT2D eigenvalue weighted by molar-refractivity contribution is 6.19. The van der Waals surface area contributed by atoms with Gasteiger partial charge in [-0.15, -0.1) is 0 Å². The maximum absolute atomic E-state index is 5.09. The van der Waals surface area contributed by atoms with Crippen molar-refractivity contribution in [1.29, 1.82) is 0 Å². The zero-order valence-corrected chi connectivity index (χ0v) is 35.0. The van der Waals surface area contributed by atoms with E-state index in [0.29, 0.717) is 17.5 Å². The summed E-state index contributed by atoms with van der Waals surface area (Å²) in [5.41, 5.74) is 12.6. The number of nitrogens with zero attached hydrogens (tertiary/aromatic N) is 7. The van der Waals surface area contributed by atoms with E-state index >= 15 is 0 Å². The molecule has 7 nitrogen and oxygen atoms in total. The van der Waals surface area contributed by atoms with Gasteiger partial charge in [-0.25, -0.2) is 19.6 Å². The van der Waals surface area contributed by atoms with Crippen LogP contribution in [-0.4, -0.2) is 33.9 Å². The smallest absolute Gasteiger partial charge is 0.164 e. The average Bonchev–Trinajstić information content (AvgIpc) is 4.11. The van der Waals surface area contributed by atoms with Gasteiger partial charge in [-0.2, -0.15) is 5.10 Å². The normalized spacial score (nSPS) is 11.7. The van der Waals surface area contributed by atoms with Crippen LogP contribution in [0.5, 0.6) is 0 Å². The quantitative estimate of drug-likeness (QED) is 0.160. The first kappa shape index (κ1) is 36.7. The minimum Gasteiger partial charge on any atom is -0.317 e. The molecule has 13 rings (SSSR count). The highest BCUT2D eigenvalue weighted by Gasteiger charge is 2.20. The molecule has 0 saturated heterocycles. The van der Waals surface area contributed by atoms with E-state index in [9.17, 15) is 0 Å². The van der Waals surface area contributed by atoms with Gasteiger partial charge in [0, 0.05) is 55.8 Å². The van der Waals surface area contributed by atoms with Gasteiger partial charge in [-0.3, -0.25) is 0 Å². The summed E-state index contributed by atoms with van der Waals surface area (Å²) in [6.07, 6.45) is 4.17. The summed E-state index contributed by atoms with van der Waals surface area (Å²) < 4.78 is 6.69. The van der Waals surface area contributed by atoms with E-state index in [0.717, 1.165) is 77.6 Å². The van der Waals surface area contributed by atoms with Gasteiger partial charge >= 0.3 is 0 Å². The summed E-state index contributed by atoms with van der Waals surface area (Å²) in [6, 6.07) is 74.6. The number of rotatable bonds is 7. The predicted molar refractivity (Wildman–Crippen MR) is 265 cm³/mol. The number of para-hydroxylation sites is 1. The molecule has 65 heavy (non-hydrogen) atoms. The van der Waals surface area contributed by atoms with Crippen LogP contribution in [0.15, 0.2) is 225 Å². The molecule has 0 unspecified atom stereocenters. The van der Waals surface area contributed by atoms with E-state index in [1.54, 1.807) is 0 Å². The van der Waals surface area contributed by atoms with Crippen LogP contribution < -0.4 is 0 Å². The van der Waals surface area contributed by atoms with Gasteiger partial charge in [0.2, 0.25) is 0 Å². The third-order valence-electron chi connectivity index (χ3n) is 12.6. The van der Waals surface area contributed by atoms with Crippen molar-refractivity contribution in [2.75, 3.05) is 0 Å².